The Kier molecular flexibility index (Phi) is 6.89. The highest BCUT2D eigenvalue weighted by molar-refractivity contribution is 7.89. The molecule has 10 heteroatoms. The molecule has 0 aliphatic carbocycles. The first-order valence-electron chi connectivity index (χ1n) is 9.89. The number of hydrogen-bond acceptors (Lipinski definition) is 8. The Labute approximate surface area is 176 Å². The zero-order valence-electron chi connectivity index (χ0n) is 17.6. The van der Waals surface area contributed by atoms with Crippen molar-refractivity contribution in [3.8, 4) is 0 Å². The SMILES string of the molecule is CC(C)Cc1noc(COC(=O)c2ccc(S(=O)(=O)N3CC(C)OC(C)C3)cc2)n1. The van der Waals surface area contributed by atoms with Gasteiger partial charge in [-0.3, -0.25) is 0 Å². The largest absolute Gasteiger partial charge is 0.452 e. The number of hydrogen-bond donors (Lipinski definition) is 0. The van der Waals surface area contributed by atoms with Crippen LogP contribution in [0.25, 0.3) is 0 Å². The maximum absolute atomic E-state index is 12.9. The van der Waals surface area contributed by atoms with Crippen LogP contribution in [0.3, 0.4) is 0 Å². The smallest absolute Gasteiger partial charge is 0.338 e. The molecule has 0 N–H and O–H groups in total. The van der Waals surface area contributed by atoms with E-state index in [1.54, 1.807) is 0 Å². The van der Waals surface area contributed by atoms with Gasteiger partial charge in [0.25, 0.3) is 5.89 Å². The standard InChI is InChI=1S/C20H27N3O6S/c1-13(2)9-18-21-19(29-22-18)12-27-20(24)16-5-7-17(8-6-16)30(25,26)23-10-14(3)28-15(4)11-23/h5-8,13-15H,9-12H2,1-4H3. The summed E-state index contributed by atoms with van der Waals surface area (Å²) in [7, 11) is -3.66. The van der Waals surface area contributed by atoms with Crippen LogP contribution in [0, 0.1) is 5.92 Å². The Morgan fingerprint density at radius 2 is 1.83 bits per heavy atom. The molecule has 1 aromatic carbocycles. The number of aromatic nitrogens is 2. The van der Waals surface area contributed by atoms with E-state index in [1.807, 2.05) is 27.7 Å². The molecule has 1 fully saturated rings. The predicted octanol–water partition coefficient (Wildman–Crippen LogP) is 2.42. The van der Waals surface area contributed by atoms with Crippen molar-refractivity contribution >= 4 is 16.0 Å². The molecule has 3 rings (SSSR count). The Bertz CT molecular complexity index is 961. The minimum atomic E-state index is -3.66. The van der Waals surface area contributed by atoms with Gasteiger partial charge in [0.2, 0.25) is 10.0 Å². The average molecular weight is 438 g/mol. The first kappa shape index (κ1) is 22.4. The molecule has 0 bridgehead atoms. The average Bonchev–Trinajstić information content (AvgIpc) is 3.12. The summed E-state index contributed by atoms with van der Waals surface area (Å²) in [4.78, 5) is 16.6. The fourth-order valence-electron chi connectivity index (χ4n) is 3.25. The zero-order chi connectivity index (χ0) is 21.9. The number of carbonyl (C=O) groups excluding carboxylic acids is 1. The van der Waals surface area contributed by atoms with Crippen molar-refractivity contribution in [2.24, 2.45) is 5.92 Å². The molecular formula is C20H27N3O6S. The molecule has 1 aliphatic heterocycles. The second kappa shape index (κ2) is 9.23. The number of rotatable bonds is 7. The van der Waals surface area contributed by atoms with Gasteiger partial charge in [0.1, 0.15) is 0 Å². The van der Waals surface area contributed by atoms with Crippen LogP contribution in [0.5, 0.6) is 0 Å². The van der Waals surface area contributed by atoms with Crippen LogP contribution < -0.4 is 0 Å². The van der Waals surface area contributed by atoms with E-state index >= 15 is 0 Å². The molecule has 1 saturated heterocycles. The summed E-state index contributed by atoms with van der Waals surface area (Å²) in [5.41, 5.74) is 0.236. The molecule has 1 aliphatic rings. The molecule has 1 aromatic heterocycles. The first-order valence-corrected chi connectivity index (χ1v) is 11.3. The molecule has 9 nitrogen and oxygen atoms in total. The van der Waals surface area contributed by atoms with Crippen LogP contribution in [0.2, 0.25) is 0 Å². The van der Waals surface area contributed by atoms with Crippen LogP contribution in [0.1, 0.15) is 49.8 Å². The highest BCUT2D eigenvalue weighted by atomic mass is 32.2. The normalized spacial score (nSPS) is 20.4. The van der Waals surface area contributed by atoms with E-state index in [0.717, 1.165) is 0 Å². The number of morpholine rings is 1. The van der Waals surface area contributed by atoms with Gasteiger partial charge in [-0.1, -0.05) is 19.0 Å². The summed E-state index contributed by atoms with van der Waals surface area (Å²) in [5, 5.41) is 3.84. The van der Waals surface area contributed by atoms with Gasteiger partial charge in [-0.15, -0.1) is 0 Å². The van der Waals surface area contributed by atoms with Gasteiger partial charge in [-0.2, -0.15) is 9.29 Å². The van der Waals surface area contributed by atoms with Gasteiger partial charge in [-0.05, 0) is 44.0 Å². The van der Waals surface area contributed by atoms with E-state index < -0.39 is 16.0 Å². The fraction of sp³-hybridized carbons (Fsp3) is 0.550. The summed E-state index contributed by atoms with van der Waals surface area (Å²) in [6.45, 7) is 8.20. The minimum absolute atomic E-state index is 0.121. The summed E-state index contributed by atoms with van der Waals surface area (Å²) in [6, 6.07) is 5.68. The Morgan fingerprint density at radius 3 is 2.43 bits per heavy atom. The molecular weight excluding hydrogens is 410 g/mol. The Morgan fingerprint density at radius 1 is 1.20 bits per heavy atom. The molecule has 2 atom stereocenters. The molecule has 0 saturated carbocycles. The number of nitrogens with zero attached hydrogens (tertiary/aromatic N) is 3. The van der Waals surface area contributed by atoms with Crippen LogP contribution in [0.15, 0.2) is 33.7 Å². The summed E-state index contributed by atoms with van der Waals surface area (Å²) < 4.78 is 43.0. The summed E-state index contributed by atoms with van der Waals surface area (Å²) >= 11 is 0. The van der Waals surface area contributed by atoms with Crippen molar-refractivity contribution in [3.63, 3.8) is 0 Å². The molecule has 2 aromatic rings. The third-order valence-corrected chi connectivity index (χ3v) is 6.39. The predicted molar refractivity (Wildman–Crippen MR) is 107 cm³/mol. The van der Waals surface area contributed by atoms with E-state index in [1.165, 1.54) is 28.6 Å². The minimum Gasteiger partial charge on any atom is -0.452 e. The van der Waals surface area contributed by atoms with E-state index in [4.69, 9.17) is 14.0 Å². The van der Waals surface area contributed by atoms with E-state index in [-0.39, 0.29) is 35.2 Å². The topological polar surface area (TPSA) is 112 Å². The van der Waals surface area contributed by atoms with Crippen LogP contribution in [0.4, 0.5) is 0 Å². The number of sulfonamides is 1. The van der Waals surface area contributed by atoms with E-state index in [9.17, 15) is 13.2 Å². The second-order valence-electron chi connectivity index (χ2n) is 7.88. The van der Waals surface area contributed by atoms with Crippen LogP contribution in [-0.4, -0.2) is 54.1 Å². The van der Waals surface area contributed by atoms with Crippen LogP contribution in [-0.2, 0) is 32.5 Å². The highest BCUT2D eigenvalue weighted by Gasteiger charge is 2.32. The lowest BCUT2D eigenvalue weighted by molar-refractivity contribution is -0.0440. The third-order valence-electron chi connectivity index (χ3n) is 4.54. The summed E-state index contributed by atoms with van der Waals surface area (Å²) in [6.07, 6.45) is 0.320. The molecule has 2 unspecified atom stereocenters. The van der Waals surface area contributed by atoms with Crippen molar-refractivity contribution in [2.45, 2.75) is 57.8 Å². The van der Waals surface area contributed by atoms with E-state index in [0.29, 0.717) is 31.3 Å². The Hall–Kier alpha value is -2.30. The lowest BCUT2D eigenvalue weighted by Crippen LogP contribution is -2.48. The van der Waals surface area contributed by atoms with Crippen molar-refractivity contribution in [1.82, 2.24) is 14.4 Å². The maximum atomic E-state index is 12.9. The quantitative estimate of drug-likeness (QED) is 0.607. The van der Waals surface area contributed by atoms with Gasteiger partial charge < -0.3 is 14.0 Å². The highest BCUT2D eigenvalue weighted by Crippen LogP contribution is 2.21. The first-order chi connectivity index (χ1) is 14.1. The second-order valence-corrected chi connectivity index (χ2v) is 9.82. The van der Waals surface area contributed by atoms with Crippen molar-refractivity contribution in [1.29, 1.82) is 0 Å². The zero-order valence-corrected chi connectivity index (χ0v) is 18.4. The molecule has 2 heterocycles. The van der Waals surface area contributed by atoms with Gasteiger partial charge in [0, 0.05) is 19.5 Å². The summed E-state index contributed by atoms with van der Waals surface area (Å²) in [5.74, 6) is 0.568. The molecule has 0 radical (unpaired) electrons. The number of carbonyl (C=O) groups is 1. The lowest BCUT2D eigenvalue weighted by atomic mass is 10.1. The molecule has 0 spiro atoms. The maximum Gasteiger partial charge on any atom is 0.338 e. The van der Waals surface area contributed by atoms with Gasteiger partial charge in [0.15, 0.2) is 12.4 Å². The number of ether oxygens (including phenoxy) is 2. The number of esters is 1. The molecule has 0 amide bonds. The molecule has 164 valence electrons. The van der Waals surface area contributed by atoms with Gasteiger partial charge in [-0.25, -0.2) is 13.2 Å². The lowest BCUT2D eigenvalue weighted by Gasteiger charge is -2.34. The van der Waals surface area contributed by atoms with E-state index in [2.05, 4.69) is 10.1 Å². The van der Waals surface area contributed by atoms with Crippen molar-refractivity contribution < 1.29 is 27.2 Å². The fourth-order valence-corrected chi connectivity index (χ4v) is 4.84. The van der Waals surface area contributed by atoms with Crippen LogP contribution >= 0.6 is 0 Å². The molecule has 30 heavy (non-hydrogen) atoms. The number of benzene rings is 1. The monoisotopic (exact) mass is 437 g/mol. The van der Waals surface area contributed by atoms with Gasteiger partial charge >= 0.3 is 5.97 Å². The van der Waals surface area contributed by atoms with Gasteiger partial charge in [0.05, 0.1) is 22.7 Å². The third kappa shape index (κ3) is 5.44. The Balaban J connectivity index is 1.62. The van der Waals surface area contributed by atoms with Crippen molar-refractivity contribution in [3.05, 3.63) is 41.5 Å². The van der Waals surface area contributed by atoms with Crippen molar-refractivity contribution in [2.75, 3.05) is 13.1 Å².